The van der Waals surface area contributed by atoms with Crippen molar-refractivity contribution in [2.24, 2.45) is 0 Å². The number of esters is 2. The monoisotopic (exact) mass is 504 g/mol. The molecule has 5 rings (SSSR count). The van der Waals surface area contributed by atoms with Crippen LogP contribution in [0.4, 0.5) is 11.4 Å². The van der Waals surface area contributed by atoms with Gasteiger partial charge in [-0.3, -0.25) is 4.98 Å². The number of hydrogen-bond acceptors (Lipinski definition) is 8. The smallest absolute Gasteiger partial charge is 0.374 e. The maximum Gasteiger partial charge on any atom is 0.374 e. The topological polar surface area (TPSA) is 102 Å². The molecule has 0 saturated heterocycles. The van der Waals surface area contributed by atoms with Crippen molar-refractivity contribution in [3.05, 3.63) is 101 Å². The highest BCUT2D eigenvalue weighted by molar-refractivity contribution is 6.30. The van der Waals surface area contributed by atoms with Crippen molar-refractivity contribution in [1.29, 1.82) is 0 Å². The van der Waals surface area contributed by atoms with Crippen LogP contribution in [0.1, 0.15) is 44.3 Å². The Bertz CT molecular complexity index is 1430. The third kappa shape index (κ3) is 3.80. The van der Waals surface area contributed by atoms with Gasteiger partial charge < -0.3 is 23.9 Å². The molecule has 9 heteroatoms. The molecule has 3 heterocycles. The summed E-state index contributed by atoms with van der Waals surface area (Å²) >= 11 is 6.17. The van der Waals surface area contributed by atoms with E-state index in [4.69, 9.17) is 25.5 Å². The fraction of sp³-hybridized carbons (Fsp3) is 0.148. The number of ether oxygens (including phenoxy) is 2. The number of carbonyl (C=O) groups excluding carboxylic acids is 2. The number of methoxy groups -OCH3 is 2. The van der Waals surface area contributed by atoms with Crippen molar-refractivity contribution < 1.29 is 28.6 Å². The molecule has 4 aromatic rings. The minimum Gasteiger partial charge on any atom is -0.465 e. The van der Waals surface area contributed by atoms with Crippen molar-refractivity contribution in [3.8, 4) is 11.3 Å². The van der Waals surface area contributed by atoms with Gasteiger partial charge in [-0.15, -0.1) is 0 Å². The molecule has 1 aliphatic heterocycles. The first-order valence-electron chi connectivity index (χ1n) is 11.0. The van der Waals surface area contributed by atoms with E-state index >= 15 is 0 Å². The van der Waals surface area contributed by atoms with Crippen molar-refractivity contribution in [3.63, 3.8) is 0 Å². The first kappa shape index (κ1) is 23.6. The molecule has 2 aromatic carbocycles. The van der Waals surface area contributed by atoms with Crippen molar-refractivity contribution >= 4 is 34.9 Å². The van der Waals surface area contributed by atoms with Gasteiger partial charge in [0.1, 0.15) is 23.4 Å². The number of anilines is 2. The normalized spacial score (nSPS) is 16.5. The Morgan fingerprint density at radius 2 is 1.67 bits per heavy atom. The lowest BCUT2D eigenvalue weighted by Gasteiger charge is -2.35. The summed E-state index contributed by atoms with van der Waals surface area (Å²) in [6, 6.07) is 18.5. The second kappa shape index (κ2) is 9.49. The van der Waals surface area contributed by atoms with Gasteiger partial charge in [0, 0.05) is 22.5 Å². The summed E-state index contributed by atoms with van der Waals surface area (Å²) in [6.45, 7) is 0. The number of pyridine rings is 1. The molecule has 0 unspecified atom stereocenters. The lowest BCUT2D eigenvalue weighted by Crippen LogP contribution is -2.30. The highest BCUT2D eigenvalue weighted by atomic mass is 35.5. The van der Waals surface area contributed by atoms with E-state index in [1.807, 2.05) is 6.07 Å². The molecule has 0 radical (unpaired) electrons. The highest BCUT2D eigenvalue weighted by Gasteiger charge is 2.44. The summed E-state index contributed by atoms with van der Waals surface area (Å²) in [6.07, 6.45) is 0.525. The van der Waals surface area contributed by atoms with E-state index in [9.17, 15) is 14.7 Å². The van der Waals surface area contributed by atoms with Gasteiger partial charge in [0.2, 0.25) is 5.76 Å². The number of carbonyl (C=O) groups is 2. The van der Waals surface area contributed by atoms with Crippen LogP contribution in [0.3, 0.4) is 0 Å². The summed E-state index contributed by atoms with van der Waals surface area (Å²) < 4.78 is 16.0. The largest absolute Gasteiger partial charge is 0.465 e. The Hall–Kier alpha value is -4.14. The van der Waals surface area contributed by atoms with Gasteiger partial charge in [0.15, 0.2) is 5.76 Å². The molecule has 0 amide bonds. The number of benzene rings is 2. The van der Waals surface area contributed by atoms with E-state index in [1.165, 1.54) is 14.2 Å². The molecule has 0 fully saturated rings. The van der Waals surface area contributed by atoms with Gasteiger partial charge in [-0.25, -0.2) is 9.59 Å². The van der Waals surface area contributed by atoms with Crippen LogP contribution in [-0.2, 0) is 9.47 Å². The third-order valence-corrected chi connectivity index (χ3v) is 6.33. The van der Waals surface area contributed by atoms with E-state index < -0.39 is 24.1 Å². The molecule has 1 aliphatic rings. The Kier molecular flexibility index (Phi) is 6.22. The van der Waals surface area contributed by atoms with Crippen LogP contribution >= 0.6 is 11.6 Å². The molecular formula is C27H21ClN2O6. The quantitative estimate of drug-likeness (QED) is 0.364. The van der Waals surface area contributed by atoms with Gasteiger partial charge in [-0.2, -0.15) is 0 Å². The maximum atomic E-state index is 13.2. The number of hydrogen-bond donors (Lipinski definition) is 1. The second-order valence-corrected chi connectivity index (χ2v) is 8.48. The zero-order chi connectivity index (χ0) is 25.4. The number of nitrogens with zero attached hydrogens (tertiary/aromatic N) is 2. The van der Waals surface area contributed by atoms with Crippen LogP contribution in [0.25, 0.3) is 11.3 Å². The number of rotatable bonds is 4. The summed E-state index contributed by atoms with van der Waals surface area (Å²) in [4.78, 5) is 32.1. The van der Waals surface area contributed by atoms with Crippen LogP contribution in [0.15, 0.2) is 77.3 Å². The average Bonchev–Trinajstić information content (AvgIpc) is 3.27. The maximum absolute atomic E-state index is 13.2. The van der Waals surface area contributed by atoms with Crippen molar-refractivity contribution in [1.82, 2.24) is 4.98 Å². The van der Waals surface area contributed by atoms with E-state index in [0.29, 0.717) is 27.5 Å². The average molecular weight is 505 g/mol. The minimum atomic E-state index is -1.10. The Morgan fingerprint density at radius 1 is 0.972 bits per heavy atom. The molecule has 0 saturated carbocycles. The number of aromatic nitrogens is 1. The predicted molar refractivity (Wildman–Crippen MR) is 132 cm³/mol. The number of halogens is 1. The fourth-order valence-corrected chi connectivity index (χ4v) is 4.64. The van der Waals surface area contributed by atoms with E-state index in [1.54, 1.807) is 71.8 Å². The highest BCUT2D eigenvalue weighted by Crippen LogP contribution is 2.53. The number of furan rings is 1. The predicted octanol–water partition coefficient (Wildman–Crippen LogP) is 5.49. The summed E-state index contributed by atoms with van der Waals surface area (Å²) in [5, 5.41) is 12.3. The standard InChI is InChI=1S/C27H21ClN2O6/c1-34-26(32)20-22-24(36-25(20)27(33)35-2)18-8-4-3-7-17(18)23(31)21(19-9-5-6-14-29-19)30(22)16-12-10-15(28)11-13-16/h3-14,21,23,31H,1-2H3/t21-,23+/m1/s1. The lowest BCUT2D eigenvalue weighted by atomic mass is 9.95. The fourth-order valence-electron chi connectivity index (χ4n) is 4.51. The van der Waals surface area contributed by atoms with Crippen LogP contribution in [0.5, 0.6) is 0 Å². The lowest BCUT2D eigenvalue weighted by molar-refractivity contribution is 0.0529. The summed E-state index contributed by atoms with van der Waals surface area (Å²) in [5.74, 6) is -1.74. The molecule has 0 aliphatic carbocycles. The summed E-state index contributed by atoms with van der Waals surface area (Å²) in [7, 11) is 2.41. The SMILES string of the molecule is COC(=O)c1oc2c(c1C(=O)OC)N(c1ccc(Cl)cc1)[C@H](c1ccccn1)[C@@H](O)c1ccccc1-2. The van der Waals surface area contributed by atoms with Gasteiger partial charge in [0.05, 0.1) is 19.9 Å². The van der Waals surface area contributed by atoms with E-state index in [2.05, 4.69) is 4.98 Å². The minimum absolute atomic E-state index is 0.126. The van der Waals surface area contributed by atoms with Gasteiger partial charge in [0.25, 0.3) is 0 Å². The molecule has 182 valence electrons. The zero-order valence-corrected chi connectivity index (χ0v) is 20.1. The van der Waals surface area contributed by atoms with Crippen LogP contribution in [-0.4, -0.2) is 36.2 Å². The molecule has 0 spiro atoms. The van der Waals surface area contributed by atoms with Crippen LogP contribution in [0.2, 0.25) is 5.02 Å². The van der Waals surface area contributed by atoms with Gasteiger partial charge in [-0.1, -0.05) is 41.9 Å². The molecule has 1 N–H and O–H groups in total. The Labute approximate surface area is 211 Å². The second-order valence-electron chi connectivity index (χ2n) is 8.05. The number of aliphatic hydroxyl groups is 1. The molecule has 0 bridgehead atoms. The van der Waals surface area contributed by atoms with Crippen molar-refractivity contribution in [2.45, 2.75) is 12.1 Å². The van der Waals surface area contributed by atoms with Gasteiger partial charge in [-0.05, 0) is 42.0 Å². The van der Waals surface area contributed by atoms with E-state index in [0.717, 1.165) is 0 Å². The number of aliphatic hydroxyl groups excluding tert-OH is 1. The van der Waals surface area contributed by atoms with Crippen LogP contribution in [0, 0.1) is 0 Å². The third-order valence-electron chi connectivity index (χ3n) is 6.08. The van der Waals surface area contributed by atoms with Crippen molar-refractivity contribution in [2.75, 3.05) is 19.1 Å². The Balaban J connectivity index is 1.93. The molecular weight excluding hydrogens is 484 g/mol. The van der Waals surface area contributed by atoms with E-state index in [-0.39, 0.29) is 22.8 Å². The molecule has 36 heavy (non-hydrogen) atoms. The summed E-state index contributed by atoms with van der Waals surface area (Å²) in [5.41, 5.74) is 2.26. The van der Waals surface area contributed by atoms with Gasteiger partial charge >= 0.3 is 11.9 Å². The first-order chi connectivity index (χ1) is 17.5. The Morgan fingerprint density at radius 3 is 2.33 bits per heavy atom. The molecule has 8 nitrogen and oxygen atoms in total. The molecule has 2 atom stereocenters. The zero-order valence-electron chi connectivity index (χ0n) is 19.3. The number of fused-ring (bicyclic) bond motifs is 3. The van der Waals surface area contributed by atoms with Crippen LogP contribution < -0.4 is 4.90 Å². The molecule has 2 aromatic heterocycles. The first-order valence-corrected chi connectivity index (χ1v) is 11.4.